The number of hydrogen-bond donors (Lipinski definition) is 5. The first-order chi connectivity index (χ1) is 39.4. The molecule has 2 aromatic heterocycles. The highest BCUT2D eigenvalue weighted by atomic mass is 16.5. The number of nitrogen functional groups attached to an aromatic ring is 1. The number of nitrogens with one attached hydrogen (secondary N) is 3. The van der Waals surface area contributed by atoms with Gasteiger partial charge >= 0.3 is 6.03 Å². The maximum absolute atomic E-state index is 14.8. The quantitative estimate of drug-likeness (QED) is 0.00940. The van der Waals surface area contributed by atoms with Gasteiger partial charge < -0.3 is 49.1 Å². The van der Waals surface area contributed by atoms with Crippen LogP contribution in [0.1, 0.15) is 85.6 Å². The monoisotopic (exact) mass is 1130 g/mol. The molecule has 18 nitrogen and oxygen atoms in total. The number of benzene rings is 5. The van der Waals surface area contributed by atoms with Gasteiger partial charge in [-0.15, -0.1) is 0 Å². The maximum Gasteiger partial charge on any atom is 0.312 e. The van der Waals surface area contributed by atoms with Gasteiger partial charge in [-0.3, -0.25) is 33.4 Å². The van der Waals surface area contributed by atoms with Gasteiger partial charge in [0.15, 0.2) is 18.0 Å². The van der Waals surface area contributed by atoms with Gasteiger partial charge in [0.2, 0.25) is 23.1 Å². The Morgan fingerprint density at radius 2 is 1.37 bits per heavy atom. The molecule has 0 radical (unpaired) electrons. The number of urea groups is 1. The van der Waals surface area contributed by atoms with Gasteiger partial charge in [0.25, 0.3) is 5.56 Å². The number of anilines is 2. The summed E-state index contributed by atoms with van der Waals surface area (Å²) in [4.78, 5) is 92.5. The Kier molecular flexibility index (Phi) is 23.3. The molecule has 0 aliphatic rings. The Morgan fingerprint density at radius 1 is 0.735 bits per heavy atom. The summed E-state index contributed by atoms with van der Waals surface area (Å²) in [6, 6.07) is 38.3. The summed E-state index contributed by atoms with van der Waals surface area (Å²) in [6.45, 7) is 11.6. The summed E-state index contributed by atoms with van der Waals surface area (Å²) < 4.78 is 21.8. The highest BCUT2D eigenvalue weighted by Gasteiger charge is 2.31. The van der Waals surface area contributed by atoms with Crippen molar-refractivity contribution in [3.8, 4) is 28.1 Å². The highest BCUT2D eigenvalue weighted by molar-refractivity contribution is 6.16. The minimum absolute atomic E-state index is 0. The second kappa shape index (κ2) is 30.5. The lowest BCUT2D eigenvalue weighted by molar-refractivity contribution is -0.668. The van der Waals surface area contributed by atoms with Crippen molar-refractivity contribution < 1.29 is 47.5 Å². The minimum Gasteiger partial charge on any atom is -0.398 e. The van der Waals surface area contributed by atoms with Gasteiger partial charge in [0.05, 0.1) is 62.8 Å². The lowest BCUT2D eigenvalue weighted by atomic mass is 9.89. The Balaban J connectivity index is 0.0000111. The van der Waals surface area contributed by atoms with Crippen molar-refractivity contribution in [2.24, 2.45) is 24.6 Å². The number of ketones is 3. The van der Waals surface area contributed by atoms with E-state index in [1.54, 1.807) is 17.8 Å². The molecule has 0 saturated heterocycles. The lowest BCUT2D eigenvalue weighted by Gasteiger charge is -2.24. The van der Waals surface area contributed by atoms with Crippen molar-refractivity contribution in [1.29, 1.82) is 0 Å². The minimum atomic E-state index is -0.847. The van der Waals surface area contributed by atoms with Crippen LogP contribution in [0.5, 0.6) is 0 Å². The lowest BCUT2D eigenvalue weighted by Crippen LogP contribution is -2.45. The fraction of sp³-hybridized carbons (Fsp3) is 0.338. The zero-order valence-electron chi connectivity index (χ0n) is 48.6. The van der Waals surface area contributed by atoms with Crippen LogP contribution >= 0.6 is 0 Å². The molecule has 7 N–H and O–H groups in total. The second-order valence-electron chi connectivity index (χ2n) is 20.8. The number of carbonyl (C=O) groups excluding carboxylic acids is 6. The summed E-state index contributed by atoms with van der Waals surface area (Å²) in [6.07, 6.45) is 0.881. The first kappa shape index (κ1) is 63.6. The molecule has 0 saturated carbocycles. The van der Waals surface area contributed by atoms with Crippen LogP contribution in [0.2, 0.25) is 0 Å². The van der Waals surface area contributed by atoms with E-state index in [2.05, 4.69) is 26.6 Å². The number of amides is 4. The number of fused-ring (bicyclic) bond motifs is 1. The van der Waals surface area contributed by atoms with Gasteiger partial charge in [-0.25, -0.2) is 9.48 Å². The Labute approximate surface area is 485 Å². The maximum atomic E-state index is 14.8. The Bertz CT molecular complexity index is 3450. The van der Waals surface area contributed by atoms with Crippen molar-refractivity contribution in [3.63, 3.8) is 0 Å². The average molecular weight is 1130 g/mol. The van der Waals surface area contributed by atoms with Crippen LogP contribution in [0.15, 0.2) is 132 Å². The van der Waals surface area contributed by atoms with E-state index in [9.17, 15) is 33.6 Å². The molecule has 0 unspecified atom stereocenters. The smallest absolute Gasteiger partial charge is 0.312 e. The molecule has 5 aromatic carbocycles. The topological polar surface area (TPSA) is 249 Å². The van der Waals surface area contributed by atoms with E-state index in [0.717, 1.165) is 33.3 Å². The number of rotatable bonds is 30. The Hall–Kier alpha value is -8.58. The fourth-order valence-corrected chi connectivity index (χ4v) is 9.99. The van der Waals surface area contributed by atoms with E-state index in [-0.39, 0.29) is 92.6 Å². The van der Waals surface area contributed by atoms with E-state index in [1.807, 2.05) is 143 Å². The van der Waals surface area contributed by atoms with Crippen LogP contribution in [0.3, 0.4) is 0 Å². The van der Waals surface area contributed by atoms with E-state index in [1.165, 1.54) is 11.6 Å². The molecule has 438 valence electrons. The molecule has 7 rings (SSSR count). The SMILES string of the molecule is CC(=O)CCOCCOCCOCCC(=O)N[C@H](C(=O)C[C@@H](CCCNC(N)=O)C(=O)Nc1ccc(C[n+]2c(C)ccc3cc(-c4c(C)ccc(C(=O)c5c(-c6ccccc6)n(C)n(-c6ccccc6)c5=O)c4N)ccc32)cc1)C(C)C.[CH3-]. The van der Waals surface area contributed by atoms with Crippen molar-refractivity contribution in [3.05, 3.63) is 173 Å². The van der Waals surface area contributed by atoms with Crippen LogP contribution in [0.4, 0.5) is 16.2 Å². The molecule has 0 aliphatic heterocycles. The highest BCUT2D eigenvalue weighted by Crippen LogP contribution is 2.36. The largest absolute Gasteiger partial charge is 0.398 e. The summed E-state index contributed by atoms with van der Waals surface area (Å²) in [5.74, 6) is -2.50. The van der Waals surface area contributed by atoms with E-state index >= 15 is 0 Å². The molecule has 2 heterocycles. The van der Waals surface area contributed by atoms with E-state index < -0.39 is 29.3 Å². The van der Waals surface area contributed by atoms with Crippen molar-refractivity contribution in [1.82, 2.24) is 20.0 Å². The number of carbonyl (C=O) groups is 6. The van der Waals surface area contributed by atoms with Gasteiger partial charge in [-0.05, 0) is 92.3 Å². The molecule has 18 heteroatoms. The molecular formula is C65H78N8O10. The van der Waals surface area contributed by atoms with Crippen molar-refractivity contribution >= 4 is 57.5 Å². The van der Waals surface area contributed by atoms with Crippen LogP contribution in [0.25, 0.3) is 39.0 Å². The molecule has 83 heavy (non-hydrogen) atoms. The second-order valence-corrected chi connectivity index (χ2v) is 20.8. The van der Waals surface area contributed by atoms with Crippen LogP contribution in [0, 0.1) is 33.1 Å². The molecule has 0 fully saturated rings. The zero-order valence-corrected chi connectivity index (χ0v) is 48.6. The van der Waals surface area contributed by atoms with Crippen LogP contribution in [-0.2, 0) is 47.0 Å². The molecule has 2 atom stereocenters. The fourth-order valence-electron chi connectivity index (χ4n) is 9.99. The number of para-hydroxylation sites is 1. The zero-order chi connectivity index (χ0) is 58.9. The van der Waals surface area contributed by atoms with Gasteiger partial charge in [-0.1, -0.05) is 80.6 Å². The number of pyridine rings is 1. The van der Waals surface area contributed by atoms with Gasteiger partial charge in [-0.2, -0.15) is 4.57 Å². The number of hydrogen-bond acceptors (Lipinski definition) is 11. The molecule has 0 bridgehead atoms. The number of Topliss-reactive ketones (excluding diaryl/α,β-unsaturated/α-hetero) is 2. The number of nitrogens with zero attached hydrogens (tertiary/aromatic N) is 3. The van der Waals surface area contributed by atoms with Crippen LogP contribution < -0.4 is 37.5 Å². The summed E-state index contributed by atoms with van der Waals surface area (Å²) in [5.41, 5.74) is 20.0. The third-order valence-corrected chi connectivity index (χ3v) is 14.3. The number of primary amides is 1. The van der Waals surface area contributed by atoms with E-state index in [0.29, 0.717) is 74.0 Å². The number of nitrogens with two attached hydrogens (primary N) is 2. The third kappa shape index (κ3) is 16.8. The molecule has 4 amide bonds. The summed E-state index contributed by atoms with van der Waals surface area (Å²) in [7, 11) is 1.77. The van der Waals surface area contributed by atoms with Gasteiger partial charge in [0.1, 0.15) is 11.3 Å². The molecule has 0 spiro atoms. The molecule has 0 aliphatic carbocycles. The predicted molar refractivity (Wildman–Crippen MR) is 323 cm³/mol. The molecular weight excluding hydrogens is 1050 g/mol. The predicted octanol–water partition coefficient (Wildman–Crippen LogP) is 8.40. The summed E-state index contributed by atoms with van der Waals surface area (Å²) >= 11 is 0. The normalized spacial score (nSPS) is 11.9. The first-order valence-electron chi connectivity index (χ1n) is 27.7. The van der Waals surface area contributed by atoms with Crippen molar-refractivity contribution in [2.75, 3.05) is 57.2 Å². The van der Waals surface area contributed by atoms with Crippen molar-refractivity contribution in [2.45, 2.75) is 79.3 Å². The van der Waals surface area contributed by atoms with Gasteiger partial charge in [0, 0.05) is 91.2 Å². The average Bonchev–Trinajstić information content (AvgIpc) is 2.34. The Morgan fingerprint density at radius 3 is 2.01 bits per heavy atom. The number of aromatic nitrogens is 3. The number of aryl methyl sites for hydroxylation is 2. The van der Waals surface area contributed by atoms with Crippen LogP contribution in [-0.4, -0.2) is 96.8 Å². The summed E-state index contributed by atoms with van der Waals surface area (Å²) in [5, 5.41) is 9.30. The number of ether oxygens (including phenoxy) is 3. The third-order valence-electron chi connectivity index (χ3n) is 14.3. The van der Waals surface area contributed by atoms with E-state index in [4.69, 9.17) is 25.7 Å². The first-order valence-corrected chi connectivity index (χ1v) is 27.7. The molecule has 7 aromatic rings. The standard InChI is InChI=1S/C64H74N8O10.CH3/c1-41(2)59(69-55(75)30-33-81-35-37-82-36-34-80-32-29-44(5)73)54(74)39-49(16-13-31-67-64(66)79)62(77)68-50-25-21-45(22-26-50)40-71-43(4)20-23-47-38-48(24-28-53(47)71)56-42(3)19-27-52(58(56)65)61(76)57-60(46-14-9-7-10-15-46)70(6)72(63(57)78)51-17-11-8-12-18-51;/h7-12,14-15,17-28,38,41,49,59H,13,16,29-37,39-40H2,1-6H3,(H6-,65,66,67,68,69,75,76,77,79);1H3/q;-1/p+1/t49-,59+;/m1./s1.